The first-order valence-corrected chi connectivity index (χ1v) is 8.60. The van der Waals surface area contributed by atoms with Crippen molar-refractivity contribution in [3.63, 3.8) is 0 Å². The van der Waals surface area contributed by atoms with E-state index in [4.69, 9.17) is 0 Å². The van der Waals surface area contributed by atoms with Gasteiger partial charge in [0.2, 0.25) is 0 Å². The van der Waals surface area contributed by atoms with E-state index in [1.165, 1.54) is 52.1 Å². The van der Waals surface area contributed by atoms with E-state index in [-0.39, 0.29) is 0 Å². The second-order valence-electron chi connectivity index (χ2n) is 6.62. The van der Waals surface area contributed by atoms with Crippen LogP contribution in [0.25, 0.3) is 0 Å². The Hall–Kier alpha value is -0.810. The average molecular weight is 295 g/mol. The van der Waals surface area contributed by atoms with Gasteiger partial charge < -0.3 is 20.4 Å². The Morgan fingerprint density at radius 1 is 1.14 bits per heavy atom. The molecule has 21 heavy (non-hydrogen) atoms. The van der Waals surface area contributed by atoms with Gasteiger partial charge in [0.25, 0.3) is 0 Å². The average Bonchev–Trinajstić information content (AvgIpc) is 3.32. The Balaban J connectivity index is 1.58. The van der Waals surface area contributed by atoms with Gasteiger partial charge in [-0.2, -0.15) is 0 Å². The molecule has 2 N–H and O–H groups in total. The monoisotopic (exact) mass is 295 g/mol. The third-order valence-corrected chi connectivity index (χ3v) is 4.58. The minimum absolute atomic E-state index is 0.651. The molecule has 0 amide bonds. The van der Waals surface area contributed by atoms with Gasteiger partial charge in [-0.15, -0.1) is 0 Å². The molecule has 5 heteroatoms. The molecule has 0 radical (unpaired) electrons. The molecule has 1 aliphatic carbocycles. The summed E-state index contributed by atoms with van der Waals surface area (Å²) in [5, 5.41) is 6.89. The lowest BCUT2D eigenvalue weighted by Crippen LogP contribution is -2.48. The summed E-state index contributed by atoms with van der Waals surface area (Å²) in [5.74, 6) is 2.50. The van der Waals surface area contributed by atoms with Gasteiger partial charge in [-0.1, -0.05) is 13.8 Å². The van der Waals surface area contributed by atoms with Crippen LogP contribution in [0.1, 0.15) is 26.7 Å². The second-order valence-corrected chi connectivity index (χ2v) is 6.62. The number of aliphatic imine (C=N–C) groups is 1. The molecule has 1 saturated heterocycles. The lowest BCUT2D eigenvalue weighted by atomic mass is 10.1. The Kier molecular flexibility index (Phi) is 6.77. The molecule has 0 spiro atoms. The zero-order chi connectivity index (χ0) is 15.1. The lowest BCUT2D eigenvalue weighted by Gasteiger charge is -2.35. The van der Waals surface area contributed by atoms with Gasteiger partial charge in [0.15, 0.2) is 5.96 Å². The summed E-state index contributed by atoms with van der Waals surface area (Å²) >= 11 is 0. The van der Waals surface area contributed by atoms with E-state index in [1.54, 1.807) is 0 Å². The second kappa shape index (κ2) is 8.59. The molecular weight excluding hydrogens is 262 g/mol. The maximum Gasteiger partial charge on any atom is 0.190 e. The fraction of sp³-hybridized carbons (Fsp3) is 0.938. The zero-order valence-electron chi connectivity index (χ0n) is 14.1. The highest BCUT2D eigenvalue weighted by Gasteiger charge is 2.21. The van der Waals surface area contributed by atoms with E-state index in [9.17, 15) is 0 Å². The number of nitrogens with one attached hydrogen (secondary N) is 2. The summed E-state index contributed by atoms with van der Waals surface area (Å²) < 4.78 is 0. The lowest BCUT2D eigenvalue weighted by molar-refractivity contribution is 0.124. The van der Waals surface area contributed by atoms with Gasteiger partial charge in [-0.25, -0.2) is 0 Å². The van der Waals surface area contributed by atoms with E-state index in [2.05, 4.69) is 39.3 Å². The first kappa shape index (κ1) is 16.6. The normalized spacial score (nSPS) is 23.1. The van der Waals surface area contributed by atoms with Crippen LogP contribution in [0.4, 0.5) is 0 Å². The number of likely N-dealkylation sites (N-methyl/N-ethyl adjacent to an activating group) is 1. The number of rotatable bonds is 7. The number of hydrogen-bond donors (Lipinski definition) is 2. The van der Waals surface area contributed by atoms with Crippen LogP contribution in [0.3, 0.4) is 0 Å². The molecule has 2 fully saturated rings. The summed E-state index contributed by atoms with van der Waals surface area (Å²) in [5.41, 5.74) is 0. The predicted molar refractivity (Wildman–Crippen MR) is 89.8 cm³/mol. The third-order valence-electron chi connectivity index (χ3n) is 4.58. The Morgan fingerprint density at radius 2 is 1.81 bits per heavy atom. The molecule has 0 aromatic heterocycles. The minimum Gasteiger partial charge on any atom is -0.356 e. The maximum absolute atomic E-state index is 4.30. The van der Waals surface area contributed by atoms with Crippen molar-refractivity contribution in [3.05, 3.63) is 0 Å². The largest absolute Gasteiger partial charge is 0.356 e. The van der Waals surface area contributed by atoms with Crippen LogP contribution in [-0.4, -0.2) is 75.2 Å². The smallest absolute Gasteiger partial charge is 0.190 e. The molecule has 122 valence electrons. The number of nitrogens with zero attached hydrogens (tertiary/aromatic N) is 3. The van der Waals surface area contributed by atoms with Crippen LogP contribution in [0.2, 0.25) is 0 Å². The van der Waals surface area contributed by atoms with Gasteiger partial charge in [0, 0.05) is 52.9 Å². The highest BCUT2D eigenvalue weighted by molar-refractivity contribution is 5.79. The minimum atomic E-state index is 0.651. The molecule has 1 unspecified atom stereocenters. The Bertz CT molecular complexity index is 319. The predicted octanol–water partition coefficient (Wildman–Crippen LogP) is 0.835. The van der Waals surface area contributed by atoms with Gasteiger partial charge in [-0.05, 0) is 31.2 Å². The maximum atomic E-state index is 4.30. The fourth-order valence-electron chi connectivity index (χ4n) is 2.85. The van der Waals surface area contributed by atoms with Crippen LogP contribution in [-0.2, 0) is 0 Å². The Morgan fingerprint density at radius 3 is 2.38 bits per heavy atom. The van der Waals surface area contributed by atoms with Crippen molar-refractivity contribution in [3.8, 4) is 0 Å². The molecule has 5 nitrogen and oxygen atoms in total. The molecule has 0 aromatic rings. The summed E-state index contributed by atoms with van der Waals surface area (Å²) in [6, 6.07) is 0. The van der Waals surface area contributed by atoms with Crippen molar-refractivity contribution in [1.29, 1.82) is 0 Å². The first-order valence-electron chi connectivity index (χ1n) is 8.60. The van der Waals surface area contributed by atoms with Gasteiger partial charge in [-0.3, -0.25) is 4.99 Å². The summed E-state index contributed by atoms with van der Waals surface area (Å²) in [6.07, 6.45) is 2.76. The third kappa shape index (κ3) is 6.22. The van der Waals surface area contributed by atoms with E-state index in [0.717, 1.165) is 25.0 Å². The molecule has 1 atom stereocenters. The molecule has 0 aromatic carbocycles. The van der Waals surface area contributed by atoms with Crippen LogP contribution < -0.4 is 10.6 Å². The summed E-state index contributed by atoms with van der Waals surface area (Å²) in [6.45, 7) is 13.9. The summed E-state index contributed by atoms with van der Waals surface area (Å²) in [4.78, 5) is 9.43. The number of hydrogen-bond acceptors (Lipinski definition) is 3. The van der Waals surface area contributed by atoms with Crippen molar-refractivity contribution >= 4 is 5.96 Å². The van der Waals surface area contributed by atoms with Crippen LogP contribution in [0.5, 0.6) is 0 Å². The van der Waals surface area contributed by atoms with Crippen molar-refractivity contribution in [1.82, 2.24) is 20.4 Å². The van der Waals surface area contributed by atoms with Crippen LogP contribution >= 0.6 is 0 Å². The van der Waals surface area contributed by atoms with Gasteiger partial charge in [0.05, 0.1) is 0 Å². The SMILES string of the molecule is CCN1CCN(CC(C)CNC(=NC)NCC2CC2)CC1. The molecule has 2 rings (SSSR count). The molecule has 1 aliphatic heterocycles. The number of guanidine groups is 1. The van der Waals surface area contributed by atoms with E-state index in [0.29, 0.717) is 5.92 Å². The molecular formula is C16H33N5. The summed E-state index contributed by atoms with van der Waals surface area (Å²) in [7, 11) is 1.86. The van der Waals surface area contributed by atoms with Crippen molar-refractivity contribution in [2.75, 3.05) is 59.4 Å². The molecule has 1 heterocycles. The van der Waals surface area contributed by atoms with E-state index >= 15 is 0 Å². The van der Waals surface area contributed by atoms with Gasteiger partial charge >= 0.3 is 0 Å². The quantitative estimate of drug-likeness (QED) is 0.539. The fourth-order valence-corrected chi connectivity index (χ4v) is 2.85. The highest BCUT2D eigenvalue weighted by atomic mass is 15.3. The standard InChI is InChI=1S/C16H33N5/c1-4-20-7-9-21(10-8-20)13-14(2)11-18-16(17-3)19-12-15-5-6-15/h14-15H,4-13H2,1-3H3,(H2,17,18,19). The molecule has 0 bridgehead atoms. The molecule has 2 aliphatic rings. The van der Waals surface area contributed by atoms with E-state index < -0.39 is 0 Å². The zero-order valence-corrected chi connectivity index (χ0v) is 14.1. The number of piperazine rings is 1. The van der Waals surface area contributed by atoms with Crippen molar-refractivity contribution in [2.45, 2.75) is 26.7 Å². The highest BCUT2D eigenvalue weighted by Crippen LogP contribution is 2.27. The van der Waals surface area contributed by atoms with Crippen molar-refractivity contribution in [2.24, 2.45) is 16.8 Å². The van der Waals surface area contributed by atoms with E-state index in [1.807, 2.05) is 7.05 Å². The van der Waals surface area contributed by atoms with Crippen LogP contribution in [0.15, 0.2) is 4.99 Å². The van der Waals surface area contributed by atoms with Gasteiger partial charge in [0.1, 0.15) is 0 Å². The van der Waals surface area contributed by atoms with Crippen molar-refractivity contribution < 1.29 is 0 Å². The topological polar surface area (TPSA) is 42.9 Å². The Labute approximate surface area is 130 Å². The van der Waals surface area contributed by atoms with Crippen LogP contribution in [0, 0.1) is 11.8 Å². The molecule has 1 saturated carbocycles. The first-order chi connectivity index (χ1) is 10.2.